The summed E-state index contributed by atoms with van der Waals surface area (Å²) in [6.07, 6.45) is 16.4. The Labute approximate surface area is 146 Å². The van der Waals surface area contributed by atoms with E-state index in [4.69, 9.17) is 5.26 Å². The molecule has 1 saturated carbocycles. The molecule has 0 bridgehead atoms. The molecule has 0 aromatic heterocycles. The summed E-state index contributed by atoms with van der Waals surface area (Å²) in [6.45, 7) is -0.170. The molecule has 1 aliphatic rings. The van der Waals surface area contributed by atoms with E-state index in [1.807, 2.05) is 12.1 Å². The molecular weight excluding hydrogens is 297 g/mol. The Morgan fingerprint density at radius 1 is 1.04 bits per heavy atom. The Bertz CT molecular complexity index is 518. The fourth-order valence-electron chi connectivity index (χ4n) is 3.61. The maximum Gasteiger partial charge on any atom is 0.0991 e. The maximum absolute atomic E-state index is 12.0. The van der Waals surface area contributed by atoms with Gasteiger partial charge in [-0.3, -0.25) is 4.39 Å². The zero-order valence-corrected chi connectivity index (χ0v) is 14.7. The lowest BCUT2D eigenvalue weighted by atomic mass is 9.79. The summed E-state index contributed by atoms with van der Waals surface area (Å²) in [5.41, 5.74) is 2.10. The first-order valence-electron chi connectivity index (χ1n) is 9.53. The van der Waals surface area contributed by atoms with E-state index in [0.717, 1.165) is 49.5 Å². The minimum atomic E-state index is -0.170. The molecule has 0 aliphatic heterocycles. The van der Waals surface area contributed by atoms with Crippen molar-refractivity contribution in [1.82, 2.24) is 0 Å². The summed E-state index contributed by atoms with van der Waals surface area (Å²) >= 11 is 0. The monoisotopic (exact) mass is 327 g/mol. The quantitative estimate of drug-likeness (QED) is 0.381. The van der Waals surface area contributed by atoms with Gasteiger partial charge >= 0.3 is 0 Å². The Kier molecular flexibility index (Phi) is 8.60. The highest BCUT2D eigenvalue weighted by Crippen LogP contribution is 2.32. The van der Waals surface area contributed by atoms with Gasteiger partial charge in [0.25, 0.3) is 0 Å². The van der Waals surface area contributed by atoms with Crippen LogP contribution in [0.4, 0.5) is 4.39 Å². The van der Waals surface area contributed by atoms with Crippen molar-refractivity contribution in [2.45, 2.75) is 64.2 Å². The van der Waals surface area contributed by atoms with Crippen molar-refractivity contribution in [2.24, 2.45) is 11.8 Å². The van der Waals surface area contributed by atoms with Crippen LogP contribution in [-0.4, -0.2) is 6.67 Å². The first-order valence-corrected chi connectivity index (χ1v) is 9.53. The lowest BCUT2D eigenvalue weighted by molar-refractivity contribution is 0.296. The van der Waals surface area contributed by atoms with Gasteiger partial charge in [0.1, 0.15) is 0 Å². The topological polar surface area (TPSA) is 23.8 Å². The smallest absolute Gasteiger partial charge is 0.0991 e. The zero-order valence-electron chi connectivity index (χ0n) is 14.7. The predicted molar refractivity (Wildman–Crippen MR) is 98.5 cm³/mol. The molecular formula is C22H30FN. The third-order valence-corrected chi connectivity index (χ3v) is 5.23. The van der Waals surface area contributed by atoms with E-state index in [1.165, 1.54) is 37.7 Å². The number of alkyl halides is 1. The van der Waals surface area contributed by atoms with Crippen LogP contribution in [-0.2, 0) is 6.42 Å². The highest BCUT2D eigenvalue weighted by atomic mass is 19.1. The summed E-state index contributed by atoms with van der Waals surface area (Å²) in [6, 6.07) is 10.2. The fourth-order valence-corrected chi connectivity index (χ4v) is 3.61. The molecule has 2 heteroatoms. The molecule has 0 N–H and O–H groups in total. The van der Waals surface area contributed by atoms with Crippen LogP contribution in [0.25, 0.3) is 0 Å². The van der Waals surface area contributed by atoms with E-state index < -0.39 is 0 Å². The van der Waals surface area contributed by atoms with Gasteiger partial charge in [0, 0.05) is 0 Å². The summed E-state index contributed by atoms with van der Waals surface area (Å²) in [4.78, 5) is 0. The normalized spacial score (nSPS) is 21.0. The molecule has 1 fully saturated rings. The van der Waals surface area contributed by atoms with Gasteiger partial charge in [0.2, 0.25) is 0 Å². The molecule has 0 amide bonds. The Hall–Kier alpha value is -1.62. The Morgan fingerprint density at radius 2 is 1.79 bits per heavy atom. The van der Waals surface area contributed by atoms with Gasteiger partial charge in [-0.15, -0.1) is 0 Å². The van der Waals surface area contributed by atoms with Gasteiger partial charge in [-0.25, -0.2) is 0 Å². The molecule has 1 aromatic carbocycles. The molecule has 0 radical (unpaired) electrons. The molecule has 0 saturated heterocycles. The van der Waals surface area contributed by atoms with E-state index in [9.17, 15) is 4.39 Å². The summed E-state index contributed by atoms with van der Waals surface area (Å²) in [5, 5.41) is 8.83. The third kappa shape index (κ3) is 6.87. The molecule has 0 unspecified atom stereocenters. The van der Waals surface area contributed by atoms with E-state index in [-0.39, 0.29) is 6.67 Å². The lowest BCUT2D eigenvalue weighted by Crippen LogP contribution is -2.13. The van der Waals surface area contributed by atoms with Crippen LogP contribution < -0.4 is 0 Å². The SMILES string of the molecule is N#Cc1ccc(CC[C@H]2CC[C@H](C=CCCCCCF)CC2)cc1. The molecule has 1 nitrogen and oxygen atoms in total. The first kappa shape index (κ1) is 18.7. The number of benzene rings is 1. The fraction of sp³-hybridized carbons (Fsp3) is 0.591. The van der Waals surface area contributed by atoms with Crippen molar-refractivity contribution < 1.29 is 4.39 Å². The van der Waals surface area contributed by atoms with E-state index >= 15 is 0 Å². The standard InChI is InChI=1S/C22H30FN/c23-17-5-3-1-2-4-6-19-7-9-20(10-8-19)11-12-21-13-15-22(18-24)16-14-21/h4,6,13-16,19-20H,1-3,5,7-12,17H2/t19-,20-. The number of rotatable bonds is 9. The van der Waals surface area contributed by atoms with Crippen molar-refractivity contribution >= 4 is 0 Å². The zero-order chi connectivity index (χ0) is 17.0. The van der Waals surface area contributed by atoms with Gasteiger partial charge in [-0.1, -0.05) is 30.7 Å². The van der Waals surface area contributed by atoms with Crippen LogP contribution in [0.15, 0.2) is 36.4 Å². The van der Waals surface area contributed by atoms with Crippen LogP contribution in [0, 0.1) is 23.2 Å². The van der Waals surface area contributed by atoms with Crippen LogP contribution in [0.1, 0.15) is 68.9 Å². The third-order valence-electron chi connectivity index (χ3n) is 5.23. The molecule has 0 heterocycles. The molecule has 0 atom stereocenters. The van der Waals surface area contributed by atoms with Crippen molar-refractivity contribution in [2.75, 3.05) is 6.67 Å². The van der Waals surface area contributed by atoms with Crippen LogP contribution >= 0.6 is 0 Å². The number of aryl methyl sites for hydroxylation is 1. The van der Waals surface area contributed by atoms with Gasteiger partial charge in [0.15, 0.2) is 0 Å². The average molecular weight is 327 g/mol. The lowest BCUT2D eigenvalue weighted by Gasteiger charge is -2.26. The Balaban J connectivity index is 1.60. The molecule has 0 spiro atoms. The van der Waals surface area contributed by atoms with Crippen LogP contribution in [0.3, 0.4) is 0 Å². The number of nitrogens with zero attached hydrogens (tertiary/aromatic N) is 1. The molecule has 130 valence electrons. The molecule has 1 aromatic rings. The van der Waals surface area contributed by atoms with Gasteiger partial charge in [-0.2, -0.15) is 5.26 Å². The van der Waals surface area contributed by atoms with Gasteiger partial charge in [0.05, 0.1) is 18.3 Å². The summed E-state index contributed by atoms with van der Waals surface area (Å²) < 4.78 is 12.0. The number of allylic oxidation sites excluding steroid dienone is 2. The highest BCUT2D eigenvalue weighted by Gasteiger charge is 2.19. The van der Waals surface area contributed by atoms with E-state index in [0.29, 0.717) is 0 Å². The minimum Gasteiger partial charge on any atom is -0.251 e. The van der Waals surface area contributed by atoms with Crippen LogP contribution in [0.5, 0.6) is 0 Å². The molecule has 24 heavy (non-hydrogen) atoms. The van der Waals surface area contributed by atoms with Crippen LogP contribution in [0.2, 0.25) is 0 Å². The van der Waals surface area contributed by atoms with Gasteiger partial charge in [-0.05, 0) is 87.3 Å². The Morgan fingerprint density at radius 3 is 2.46 bits per heavy atom. The first-order chi connectivity index (χ1) is 11.8. The number of unbranched alkanes of at least 4 members (excludes halogenated alkanes) is 3. The second-order valence-electron chi connectivity index (χ2n) is 7.09. The van der Waals surface area contributed by atoms with Crippen molar-refractivity contribution in [3.05, 3.63) is 47.5 Å². The van der Waals surface area contributed by atoms with Crippen molar-refractivity contribution in [3.63, 3.8) is 0 Å². The van der Waals surface area contributed by atoms with E-state index in [2.05, 4.69) is 30.4 Å². The second-order valence-corrected chi connectivity index (χ2v) is 7.09. The predicted octanol–water partition coefficient (Wildman–Crippen LogP) is 6.38. The average Bonchev–Trinajstić information content (AvgIpc) is 2.64. The maximum atomic E-state index is 12.0. The van der Waals surface area contributed by atoms with E-state index in [1.54, 1.807) is 0 Å². The van der Waals surface area contributed by atoms with Crippen molar-refractivity contribution in [1.29, 1.82) is 5.26 Å². The molecule has 1 aliphatic carbocycles. The van der Waals surface area contributed by atoms with Crippen molar-refractivity contribution in [3.8, 4) is 6.07 Å². The number of hydrogen-bond donors (Lipinski definition) is 0. The number of halogens is 1. The second kappa shape index (κ2) is 11.0. The highest BCUT2D eigenvalue weighted by molar-refractivity contribution is 5.31. The minimum absolute atomic E-state index is 0.170. The number of hydrogen-bond acceptors (Lipinski definition) is 1. The summed E-state index contributed by atoms with van der Waals surface area (Å²) in [7, 11) is 0. The number of nitriles is 1. The molecule has 2 rings (SSSR count). The van der Waals surface area contributed by atoms with Gasteiger partial charge < -0.3 is 0 Å². The summed E-state index contributed by atoms with van der Waals surface area (Å²) in [5.74, 6) is 1.62. The largest absolute Gasteiger partial charge is 0.251 e.